The minimum absolute atomic E-state index is 0.110. The van der Waals surface area contributed by atoms with Crippen molar-refractivity contribution in [1.82, 2.24) is 4.98 Å². The van der Waals surface area contributed by atoms with E-state index < -0.39 is 0 Å². The molecule has 1 aromatic heterocycles. The highest BCUT2D eigenvalue weighted by Gasteiger charge is 2.18. The van der Waals surface area contributed by atoms with Crippen molar-refractivity contribution in [2.24, 2.45) is 0 Å². The molecule has 1 saturated heterocycles. The van der Waals surface area contributed by atoms with Gasteiger partial charge in [-0.15, -0.1) is 0 Å². The standard InChI is InChI=1S/C19H23N3O3/c1-22(2)18-10-9-14(12-20-18)21-19(23)16-7-3-4-8-17(16)25-13-15-6-5-11-24-15/h3-4,7-10,12,15H,5-6,11,13H2,1-2H3,(H,21,23). The van der Waals surface area contributed by atoms with Gasteiger partial charge in [0.05, 0.1) is 23.6 Å². The van der Waals surface area contributed by atoms with E-state index in [1.807, 2.05) is 43.3 Å². The maximum absolute atomic E-state index is 12.6. The topological polar surface area (TPSA) is 63.7 Å². The number of carbonyl (C=O) groups excluding carboxylic acids is 1. The van der Waals surface area contributed by atoms with E-state index in [1.165, 1.54) is 0 Å². The molecule has 6 heteroatoms. The summed E-state index contributed by atoms with van der Waals surface area (Å²) in [7, 11) is 3.84. The Kier molecular flexibility index (Phi) is 5.50. The Hall–Kier alpha value is -2.60. The zero-order chi connectivity index (χ0) is 17.6. The van der Waals surface area contributed by atoms with Crippen molar-refractivity contribution in [3.63, 3.8) is 0 Å². The zero-order valence-electron chi connectivity index (χ0n) is 14.6. The maximum atomic E-state index is 12.6. The van der Waals surface area contributed by atoms with Gasteiger partial charge < -0.3 is 19.7 Å². The van der Waals surface area contributed by atoms with Crippen LogP contribution in [0.25, 0.3) is 0 Å². The van der Waals surface area contributed by atoms with Crippen LogP contribution in [0, 0.1) is 0 Å². The molecule has 25 heavy (non-hydrogen) atoms. The molecule has 132 valence electrons. The second-order valence-electron chi connectivity index (χ2n) is 6.20. The lowest BCUT2D eigenvalue weighted by Crippen LogP contribution is -2.19. The number of rotatable bonds is 6. The monoisotopic (exact) mass is 341 g/mol. The fourth-order valence-corrected chi connectivity index (χ4v) is 2.66. The number of amides is 1. The summed E-state index contributed by atoms with van der Waals surface area (Å²) >= 11 is 0. The van der Waals surface area contributed by atoms with Crippen LogP contribution in [0.5, 0.6) is 5.75 Å². The lowest BCUT2D eigenvalue weighted by atomic mass is 10.2. The normalized spacial score (nSPS) is 16.5. The predicted molar refractivity (Wildman–Crippen MR) is 97.4 cm³/mol. The second kappa shape index (κ2) is 7.98. The van der Waals surface area contributed by atoms with Crippen LogP contribution in [0.1, 0.15) is 23.2 Å². The Morgan fingerprint density at radius 1 is 1.32 bits per heavy atom. The molecule has 0 spiro atoms. The first-order chi connectivity index (χ1) is 12.1. The number of pyridine rings is 1. The fraction of sp³-hybridized carbons (Fsp3) is 0.368. The molecule has 1 amide bonds. The summed E-state index contributed by atoms with van der Waals surface area (Å²) in [5.74, 6) is 1.18. The molecule has 6 nitrogen and oxygen atoms in total. The van der Waals surface area contributed by atoms with Crippen LogP contribution in [0.15, 0.2) is 42.6 Å². The Balaban J connectivity index is 1.66. The van der Waals surface area contributed by atoms with Crippen molar-refractivity contribution in [3.05, 3.63) is 48.2 Å². The van der Waals surface area contributed by atoms with E-state index in [0.29, 0.717) is 23.6 Å². The van der Waals surface area contributed by atoms with Crippen LogP contribution in [0.4, 0.5) is 11.5 Å². The largest absolute Gasteiger partial charge is 0.490 e. The molecule has 2 heterocycles. The first-order valence-corrected chi connectivity index (χ1v) is 8.41. The van der Waals surface area contributed by atoms with Crippen molar-refractivity contribution in [2.45, 2.75) is 18.9 Å². The molecule has 1 atom stereocenters. The highest BCUT2D eigenvalue weighted by molar-refractivity contribution is 6.06. The van der Waals surface area contributed by atoms with Crippen molar-refractivity contribution in [2.75, 3.05) is 37.5 Å². The van der Waals surface area contributed by atoms with Crippen LogP contribution in [0.3, 0.4) is 0 Å². The van der Waals surface area contributed by atoms with Gasteiger partial charge in [0, 0.05) is 20.7 Å². The highest BCUT2D eigenvalue weighted by Crippen LogP contribution is 2.22. The van der Waals surface area contributed by atoms with Gasteiger partial charge in [0.1, 0.15) is 18.2 Å². The molecule has 0 saturated carbocycles. The average Bonchev–Trinajstić information content (AvgIpc) is 3.14. The van der Waals surface area contributed by atoms with Gasteiger partial charge in [0.2, 0.25) is 0 Å². The van der Waals surface area contributed by atoms with E-state index >= 15 is 0 Å². The number of aromatic nitrogens is 1. The number of hydrogen-bond acceptors (Lipinski definition) is 5. The summed E-state index contributed by atoms with van der Waals surface area (Å²) in [4.78, 5) is 18.8. The van der Waals surface area contributed by atoms with Gasteiger partial charge in [0.15, 0.2) is 0 Å². The summed E-state index contributed by atoms with van der Waals surface area (Å²) in [6.07, 6.45) is 3.81. The minimum Gasteiger partial charge on any atom is -0.490 e. The van der Waals surface area contributed by atoms with Gasteiger partial charge >= 0.3 is 0 Å². The first-order valence-electron chi connectivity index (χ1n) is 8.41. The number of anilines is 2. The number of benzene rings is 1. The Labute approximate surface area is 147 Å². The van der Waals surface area contributed by atoms with E-state index in [4.69, 9.17) is 9.47 Å². The molecule has 0 bridgehead atoms. The molecule has 1 aliphatic heterocycles. The van der Waals surface area contributed by atoms with Gasteiger partial charge in [0.25, 0.3) is 5.91 Å². The van der Waals surface area contributed by atoms with E-state index in [0.717, 1.165) is 25.3 Å². The van der Waals surface area contributed by atoms with Crippen LogP contribution in [0.2, 0.25) is 0 Å². The summed E-state index contributed by atoms with van der Waals surface area (Å²) in [6, 6.07) is 10.9. The zero-order valence-corrected chi connectivity index (χ0v) is 14.6. The van der Waals surface area contributed by atoms with Gasteiger partial charge in [-0.25, -0.2) is 4.98 Å². The van der Waals surface area contributed by atoms with Crippen molar-refractivity contribution >= 4 is 17.4 Å². The van der Waals surface area contributed by atoms with E-state index in [1.54, 1.807) is 18.3 Å². The lowest BCUT2D eigenvalue weighted by molar-refractivity contribution is 0.0673. The molecule has 0 radical (unpaired) electrons. The Morgan fingerprint density at radius 3 is 2.84 bits per heavy atom. The van der Waals surface area contributed by atoms with E-state index in [2.05, 4.69) is 10.3 Å². The maximum Gasteiger partial charge on any atom is 0.259 e. The van der Waals surface area contributed by atoms with Gasteiger partial charge in [-0.05, 0) is 37.1 Å². The number of nitrogens with zero attached hydrogens (tertiary/aromatic N) is 2. The lowest BCUT2D eigenvalue weighted by Gasteiger charge is -2.15. The highest BCUT2D eigenvalue weighted by atomic mass is 16.5. The van der Waals surface area contributed by atoms with Crippen molar-refractivity contribution in [3.8, 4) is 5.75 Å². The Morgan fingerprint density at radius 2 is 2.16 bits per heavy atom. The van der Waals surface area contributed by atoms with Gasteiger partial charge in [-0.3, -0.25) is 4.79 Å². The number of ether oxygens (including phenoxy) is 2. The van der Waals surface area contributed by atoms with Crippen molar-refractivity contribution < 1.29 is 14.3 Å². The molecular formula is C19H23N3O3. The van der Waals surface area contributed by atoms with Gasteiger partial charge in [-0.2, -0.15) is 0 Å². The second-order valence-corrected chi connectivity index (χ2v) is 6.20. The number of para-hydroxylation sites is 1. The predicted octanol–water partition coefficient (Wildman–Crippen LogP) is 2.96. The summed E-state index contributed by atoms with van der Waals surface area (Å²) in [6.45, 7) is 1.25. The third-order valence-electron chi connectivity index (χ3n) is 4.04. The van der Waals surface area contributed by atoms with E-state index in [9.17, 15) is 4.79 Å². The molecule has 2 aromatic rings. The molecule has 1 aromatic carbocycles. The SMILES string of the molecule is CN(C)c1ccc(NC(=O)c2ccccc2OCC2CCCO2)cn1. The van der Waals surface area contributed by atoms with Crippen LogP contribution >= 0.6 is 0 Å². The third kappa shape index (κ3) is 4.48. The van der Waals surface area contributed by atoms with Crippen molar-refractivity contribution in [1.29, 1.82) is 0 Å². The number of hydrogen-bond donors (Lipinski definition) is 1. The van der Waals surface area contributed by atoms with Crippen LogP contribution < -0.4 is 15.0 Å². The first kappa shape index (κ1) is 17.2. The smallest absolute Gasteiger partial charge is 0.259 e. The molecule has 1 unspecified atom stereocenters. The number of carbonyl (C=O) groups is 1. The summed E-state index contributed by atoms with van der Waals surface area (Å²) in [5, 5.41) is 2.86. The minimum atomic E-state index is -0.220. The third-order valence-corrected chi connectivity index (χ3v) is 4.04. The molecular weight excluding hydrogens is 318 g/mol. The van der Waals surface area contributed by atoms with Crippen LogP contribution in [-0.4, -0.2) is 44.3 Å². The molecule has 1 fully saturated rings. The molecule has 0 aliphatic carbocycles. The Bertz CT molecular complexity index is 710. The molecule has 3 rings (SSSR count). The number of nitrogens with one attached hydrogen (secondary N) is 1. The van der Waals surface area contributed by atoms with Crippen LogP contribution in [-0.2, 0) is 4.74 Å². The molecule has 1 aliphatic rings. The molecule has 1 N–H and O–H groups in total. The summed E-state index contributed by atoms with van der Waals surface area (Å²) in [5.41, 5.74) is 1.14. The average molecular weight is 341 g/mol. The fourth-order valence-electron chi connectivity index (χ4n) is 2.66. The quantitative estimate of drug-likeness (QED) is 0.875. The van der Waals surface area contributed by atoms with E-state index in [-0.39, 0.29) is 12.0 Å². The summed E-state index contributed by atoms with van der Waals surface area (Å²) < 4.78 is 11.4. The van der Waals surface area contributed by atoms with Gasteiger partial charge in [-0.1, -0.05) is 12.1 Å².